The smallest absolute Gasteiger partial charge is 0.0464 e. The maximum Gasteiger partial charge on any atom is 0.0464 e. The Morgan fingerprint density at radius 2 is 2.05 bits per heavy atom. The number of aliphatic imine (C=N–C) groups is 1. The Morgan fingerprint density at radius 3 is 2.62 bits per heavy atom. The predicted octanol–water partition coefficient (Wildman–Crippen LogP) is 3.90. The molecule has 21 heavy (non-hydrogen) atoms. The summed E-state index contributed by atoms with van der Waals surface area (Å²) < 4.78 is 0. The Labute approximate surface area is 130 Å². The number of nitrogens with one attached hydrogen (secondary N) is 1. The second kappa shape index (κ2) is 8.83. The number of hydrogen-bond donors (Lipinski definition) is 1. The van der Waals surface area contributed by atoms with Gasteiger partial charge in [0, 0.05) is 48.9 Å². The molecule has 118 valence electrons. The van der Waals surface area contributed by atoms with Gasteiger partial charge in [0.15, 0.2) is 0 Å². The quantitative estimate of drug-likeness (QED) is 0.614. The average molecular weight is 289 g/mol. The molecule has 0 aromatic heterocycles. The van der Waals surface area contributed by atoms with Crippen LogP contribution in [-0.2, 0) is 0 Å². The van der Waals surface area contributed by atoms with Crippen molar-refractivity contribution in [1.82, 2.24) is 10.2 Å². The minimum absolute atomic E-state index is 0.540. The molecular weight excluding hydrogens is 258 g/mol. The number of hydrogen-bond acceptors (Lipinski definition) is 3. The van der Waals surface area contributed by atoms with E-state index in [1.165, 1.54) is 16.8 Å². The summed E-state index contributed by atoms with van der Waals surface area (Å²) in [5, 5.41) is 3.50. The highest BCUT2D eigenvalue weighted by Gasteiger charge is 2.19. The van der Waals surface area contributed by atoms with Gasteiger partial charge in [0.2, 0.25) is 0 Å². The summed E-state index contributed by atoms with van der Waals surface area (Å²) in [7, 11) is 0. The van der Waals surface area contributed by atoms with Crippen LogP contribution in [0, 0.1) is 0 Å². The standard InChI is InChI=1S/C18H31N3/c1-7-9-10-20-16(5)18(14(3)8-2)17(6)21-12-11-19-15(4)13-21/h8-10,15,19H,7,11-13H2,1-6H3/b10-9+,14-8-,18-17+,20-16+. The van der Waals surface area contributed by atoms with Gasteiger partial charge in [0.25, 0.3) is 0 Å². The molecule has 1 aliphatic heterocycles. The molecule has 0 spiro atoms. The first-order valence-electron chi connectivity index (χ1n) is 8.03. The van der Waals surface area contributed by atoms with Crippen molar-refractivity contribution in [3.05, 3.63) is 35.2 Å². The normalized spacial score (nSPS) is 22.8. The molecule has 3 nitrogen and oxygen atoms in total. The fourth-order valence-corrected chi connectivity index (χ4v) is 2.71. The van der Waals surface area contributed by atoms with Crippen molar-refractivity contribution in [3.63, 3.8) is 0 Å². The molecule has 1 heterocycles. The van der Waals surface area contributed by atoms with Gasteiger partial charge in [-0.2, -0.15) is 0 Å². The second-order valence-electron chi connectivity index (χ2n) is 5.74. The summed E-state index contributed by atoms with van der Waals surface area (Å²) in [6.07, 6.45) is 7.21. The molecule has 1 unspecified atom stereocenters. The van der Waals surface area contributed by atoms with Crippen LogP contribution in [0.4, 0.5) is 0 Å². The van der Waals surface area contributed by atoms with E-state index in [1.54, 1.807) is 0 Å². The van der Waals surface area contributed by atoms with Crippen LogP contribution in [-0.4, -0.2) is 36.3 Å². The van der Waals surface area contributed by atoms with Crippen LogP contribution < -0.4 is 5.32 Å². The fourth-order valence-electron chi connectivity index (χ4n) is 2.71. The van der Waals surface area contributed by atoms with Gasteiger partial charge in [-0.15, -0.1) is 0 Å². The highest BCUT2D eigenvalue weighted by Crippen LogP contribution is 2.21. The van der Waals surface area contributed by atoms with Gasteiger partial charge < -0.3 is 10.2 Å². The van der Waals surface area contributed by atoms with E-state index in [2.05, 4.69) is 68.9 Å². The van der Waals surface area contributed by atoms with Crippen molar-refractivity contribution in [3.8, 4) is 0 Å². The molecule has 0 radical (unpaired) electrons. The number of piperazine rings is 1. The van der Waals surface area contributed by atoms with Gasteiger partial charge in [-0.05, 0) is 46.6 Å². The summed E-state index contributed by atoms with van der Waals surface area (Å²) in [6, 6.07) is 0.540. The molecule has 0 amide bonds. The first kappa shape index (κ1) is 17.7. The van der Waals surface area contributed by atoms with E-state index in [1.807, 2.05) is 6.20 Å². The summed E-state index contributed by atoms with van der Waals surface area (Å²) in [5.41, 5.74) is 5.02. The summed E-state index contributed by atoms with van der Waals surface area (Å²) in [6.45, 7) is 16.1. The molecule has 0 aliphatic carbocycles. The largest absolute Gasteiger partial charge is 0.372 e. The van der Waals surface area contributed by atoms with Crippen molar-refractivity contribution in [2.24, 2.45) is 4.99 Å². The SMILES string of the molecule is C\C=C(C)/C(C(/C)=N/C=C/CC)=C(/C)N1CCNC(C)C1. The molecule has 0 aromatic rings. The van der Waals surface area contributed by atoms with E-state index in [-0.39, 0.29) is 0 Å². The van der Waals surface area contributed by atoms with E-state index in [0.717, 1.165) is 31.8 Å². The van der Waals surface area contributed by atoms with Crippen molar-refractivity contribution >= 4 is 5.71 Å². The van der Waals surface area contributed by atoms with Gasteiger partial charge in [-0.3, -0.25) is 4.99 Å². The van der Waals surface area contributed by atoms with Crippen LogP contribution in [0.5, 0.6) is 0 Å². The molecule has 0 aromatic carbocycles. The maximum atomic E-state index is 4.61. The zero-order valence-corrected chi connectivity index (χ0v) is 14.5. The topological polar surface area (TPSA) is 27.6 Å². The van der Waals surface area contributed by atoms with Gasteiger partial charge >= 0.3 is 0 Å². The monoisotopic (exact) mass is 289 g/mol. The number of allylic oxidation sites excluding steroid dienone is 5. The molecule has 0 saturated carbocycles. The van der Waals surface area contributed by atoms with Crippen molar-refractivity contribution in [2.45, 2.75) is 54.0 Å². The van der Waals surface area contributed by atoms with Crippen LogP contribution in [0.2, 0.25) is 0 Å². The van der Waals surface area contributed by atoms with Gasteiger partial charge in [-0.25, -0.2) is 0 Å². The van der Waals surface area contributed by atoms with Gasteiger partial charge in [0.1, 0.15) is 0 Å². The average Bonchev–Trinajstić information content (AvgIpc) is 2.47. The third-order valence-corrected chi connectivity index (χ3v) is 4.00. The highest BCUT2D eigenvalue weighted by molar-refractivity contribution is 6.02. The van der Waals surface area contributed by atoms with E-state index in [9.17, 15) is 0 Å². The molecule has 1 fully saturated rings. The first-order valence-corrected chi connectivity index (χ1v) is 8.03. The fraction of sp³-hybridized carbons (Fsp3) is 0.611. The molecule has 3 heteroatoms. The highest BCUT2D eigenvalue weighted by atomic mass is 15.2. The molecule has 1 saturated heterocycles. The van der Waals surface area contributed by atoms with Crippen molar-refractivity contribution in [2.75, 3.05) is 19.6 Å². The number of rotatable bonds is 5. The minimum Gasteiger partial charge on any atom is -0.372 e. The molecule has 1 atom stereocenters. The zero-order valence-electron chi connectivity index (χ0n) is 14.5. The summed E-state index contributed by atoms with van der Waals surface area (Å²) in [5.74, 6) is 0. The zero-order chi connectivity index (χ0) is 15.8. The van der Waals surface area contributed by atoms with E-state index < -0.39 is 0 Å². The van der Waals surface area contributed by atoms with Crippen LogP contribution in [0.15, 0.2) is 40.2 Å². The van der Waals surface area contributed by atoms with Gasteiger partial charge in [0.05, 0.1) is 0 Å². The first-order chi connectivity index (χ1) is 10.0. The van der Waals surface area contributed by atoms with Crippen LogP contribution in [0.3, 0.4) is 0 Å². The Kier molecular flexibility index (Phi) is 7.44. The minimum atomic E-state index is 0.540. The lowest BCUT2D eigenvalue weighted by Crippen LogP contribution is -2.48. The lowest BCUT2D eigenvalue weighted by molar-refractivity contribution is 0.255. The molecule has 1 N–H and O–H groups in total. The molecule has 1 rings (SSSR count). The van der Waals surface area contributed by atoms with Crippen LogP contribution in [0.1, 0.15) is 48.0 Å². The third kappa shape index (κ3) is 5.16. The van der Waals surface area contributed by atoms with E-state index >= 15 is 0 Å². The molecule has 0 bridgehead atoms. The Bertz CT molecular complexity index is 455. The van der Waals surface area contributed by atoms with E-state index in [4.69, 9.17) is 0 Å². The van der Waals surface area contributed by atoms with Gasteiger partial charge in [-0.1, -0.05) is 19.1 Å². The predicted molar refractivity (Wildman–Crippen MR) is 93.7 cm³/mol. The summed E-state index contributed by atoms with van der Waals surface area (Å²) >= 11 is 0. The van der Waals surface area contributed by atoms with Crippen LogP contribution in [0.25, 0.3) is 0 Å². The van der Waals surface area contributed by atoms with Crippen LogP contribution >= 0.6 is 0 Å². The molecule has 1 aliphatic rings. The van der Waals surface area contributed by atoms with E-state index in [0.29, 0.717) is 6.04 Å². The van der Waals surface area contributed by atoms with Crippen molar-refractivity contribution < 1.29 is 0 Å². The molecular formula is C18H31N3. The Balaban J connectivity index is 3.13. The maximum absolute atomic E-state index is 4.61. The Morgan fingerprint density at radius 1 is 1.33 bits per heavy atom. The lowest BCUT2D eigenvalue weighted by Gasteiger charge is -2.35. The van der Waals surface area contributed by atoms with Crippen molar-refractivity contribution in [1.29, 1.82) is 0 Å². The lowest BCUT2D eigenvalue weighted by atomic mass is 9.99. The summed E-state index contributed by atoms with van der Waals surface area (Å²) in [4.78, 5) is 7.09. The Hall–Kier alpha value is -1.35. The number of nitrogens with zero attached hydrogens (tertiary/aromatic N) is 2. The second-order valence-corrected chi connectivity index (χ2v) is 5.74. The third-order valence-electron chi connectivity index (χ3n) is 4.00.